The molecule has 0 bridgehead atoms. The summed E-state index contributed by atoms with van der Waals surface area (Å²) >= 11 is 0. The van der Waals surface area contributed by atoms with Crippen molar-refractivity contribution < 1.29 is 27.4 Å². The molecular formula is C13H16FNO5S. The van der Waals surface area contributed by atoms with Crippen LogP contribution in [0.15, 0.2) is 23.1 Å². The van der Waals surface area contributed by atoms with Crippen LogP contribution in [-0.2, 0) is 14.8 Å². The number of methoxy groups -OCH3 is 1. The molecule has 0 spiro atoms. The lowest BCUT2D eigenvalue weighted by Crippen LogP contribution is -2.47. The SMILES string of the molecule is COc1cc(S(=O)(=O)N2CCCCC2C(=O)O)ccc1F. The predicted molar refractivity (Wildman–Crippen MR) is 72.1 cm³/mol. The van der Waals surface area contributed by atoms with E-state index < -0.39 is 27.9 Å². The standard InChI is InChI=1S/C13H16FNO5S/c1-20-12-8-9(5-6-10(12)14)21(18,19)15-7-3-2-4-11(15)13(16)17/h5-6,8,11H,2-4,7H2,1H3,(H,16,17). The van der Waals surface area contributed by atoms with Crippen LogP contribution in [0.1, 0.15) is 19.3 Å². The Hall–Kier alpha value is -1.67. The Bertz CT molecular complexity index is 646. The van der Waals surface area contributed by atoms with E-state index in [0.29, 0.717) is 12.8 Å². The first-order chi connectivity index (χ1) is 9.87. The molecule has 2 rings (SSSR count). The van der Waals surface area contributed by atoms with Gasteiger partial charge in [-0.2, -0.15) is 4.31 Å². The van der Waals surface area contributed by atoms with E-state index in [0.717, 1.165) is 22.5 Å². The van der Waals surface area contributed by atoms with Gasteiger partial charge in [0.15, 0.2) is 11.6 Å². The minimum atomic E-state index is -4.00. The summed E-state index contributed by atoms with van der Waals surface area (Å²) < 4.78 is 44.2. The van der Waals surface area contributed by atoms with Crippen LogP contribution in [0.5, 0.6) is 5.75 Å². The van der Waals surface area contributed by atoms with E-state index in [-0.39, 0.29) is 23.6 Å². The number of nitrogens with zero attached hydrogens (tertiary/aromatic N) is 1. The molecule has 0 aromatic heterocycles. The average Bonchev–Trinajstić information content (AvgIpc) is 2.47. The molecule has 1 fully saturated rings. The van der Waals surface area contributed by atoms with Crippen LogP contribution >= 0.6 is 0 Å². The summed E-state index contributed by atoms with van der Waals surface area (Å²) in [5, 5.41) is 9.17. The fraction of sp³-hybridized carbons (Fsp3) is 0.462. The number of piperidine rings is 1. The monoisotopic (exact) mass is 317 g/mol. The van der Waals surface area contributed by atoms with E-state index in [1.807, 2.05) is 0 Å². The molecule has 1 N–H and O–H groups in total. The van der Waals surface area contributed by atoms with Crippen molar-refractivity contribution >= 4 is 16.0 Å². The molecule has 116 valence electrons. The van der Waals surface area contributed by atoms with Crippen LogP contribution in [-0.4, -0.2) is 43.5 Å². The molecule has 0 saturated carbocycles. The number of carbonyl (C=O) groups is 1. The number of hydrogen-bond donors (Lipinski definition) is 1. The molecule has 1 aromatic carbocycles. The van der Waals surface area contributed by atoms with Gasteiger partial charge in [-0.15, -0.1) is 0 Å². The molecule has 1 aromatic rings. The Morgan fingerprint density at radius 2 is 2.14 bits per heavy atom. The Kier molecular flexibility index (Phi) is 4.48. The number of halogens is 1. The van der Waals surface area contributed by atoms with Gasteiger partial charge in [0.1, 0.15) is 6.04 Å². The van der Waals surface area contributed by atoms with Crippen molar-refractivity contribution in [3.8, 4) is 5.75 Å². The fourth-order valence-corrected chi connectivity index (χ4v) is 4.04. The highest BCUT2D eigenvalue weighted by Crippen LogP contribution is 2.28. The molecule has 1 atom stereocenters. The van der Waals surface area contributed by atoms with Crippen molar-refractivity contribution in [2.75, 3.05) is 13.7 Å². The summed E-state index contributed by atoms with van der Waals surface area (Å²) in [6, 6.07) is 2.09. The second-order valence-corrected chi connectivity index (χ2v) is 6.65. The van der Waals surface area contributed by atoms with Crippen molar-refractivity contribution in [3.63, 3.8) is 0 Å². The van der Waals surface area contributed by atoms with E-state index >= 15 is 0 Å². The van der Waals surface area contributed by atoms with Crippen LogP contribution in [0.25, 0.3) is 0 Å². The van der Waals surface area contributed by atoms with Crippen molar-refractivity contribution in [1.29, 1.82) is 0 Å². The molecule has 1 aliphatic rings. The normalized spacial score (nSPS) is 20.2. The molecule has 0 amide bonds. The van der Waals surface area contributed by atoms with Crippen LogP contribution in [0.2, 0.25) is 0 Å². The molecule has 1 saturated heterocycles. The van der Waals surface area contributed by atoms with E-state index in [1.165, 1.54) is 7.11 Å². The predicted octanol–water partition coefficient (Wildman–Crippen LogP) is 1.46. The lowest BCUT2D eigenvalue weighted by Gasteiger charge is -2.31. The minimum absolute atomic E-state index is 0.138. The van der Waals surface area contributed by atoms with Crippen LogP contribution in [0, 0.1) is 5.82 Å². The molecule has 1 unspecified atom stereocenters. The first-order valence-corrected chi connectivity index (χ1v) is 7.90. The first kappa shape index (κ1) is 15.7. The summed E-state index contributed by atoms with van der Waals surface area (Å²) in [5.41, 5.74) is 0. The molecule has 1 heterocycles. The summed E-state index contributed by atoms with van der Waals surface area (Å²) in [6.07, 6.45) is 1.53. The van der Waals surface area contributed by atoms with Crippen molar-refractivity contribution in [2.24, 2.45) is 0 Å². The van der Waals surface area contributed by atoms with Gasteiger partial charge in [0.25, 0.3) is 0 Å². The van der Waals surface area contributed by atoms with Gasteiger partial charge in [-0.25, -0.2) is 12.8 Å². The molecule has 0 radical (unpaired) electrons. The Morgan fingerprint density at radius 1 is 1.43 bits per heavy atom. The smallest absolute Gasteiger partial charge is 0.322 e. The largest absolute Gasteiger partial charge is 0.494 e. The van der Waals surface area contributed by atoms with Gasteiger partial charge in [0.05, 0.1) is 12.0 Å². The third-order valence-corrected chi connectivity index (χ3v) is 5.37. The van der Waals surface area contributed by atoms with Gasteiger partial charge < -0.3 is 9.84 Å². The third-order valence-electron chi connectivity index (χ3n) is 3.47. The Balaban J connectivity index is 2.42. The number of hydrogen-bond acceptors (Lipinski definition) is 4. The van der Waals surface area contributed by atoms with Gasteiger partial charge in [-0.3, -0.25) is 4.79 Å². The van der Waals surface area contributed by atoms with E-state index in [1.54, 1.807) is 0 Å². The van der Waals surface area contributed by atoms with Gasteiger partial charge >= 0.3 is 5.97 Å². The zero-order valence-corrected chi connectivity index (χ0v) is 12.3. The van der Waals surface area contributed by atoms with E-state index in [4.69, 9.17) is 4.74 Å². The number of carboxylic acid groups (broad SMARTS) is 1. The highest BCUT2D eigenvalue weighted by atomic mass is 32.2. The lowest BCUT2D eigenvalue weighted by atomic mass is 10.1. The summed E-state index contributed by atoms with van der Waals surface area (Å²) in [7, 11) is -2.77. The second-order valence-electron chi connectivity index (χ2n) is 4.76. The quantitative estimate of drug-likeness (QED) is 0.909. The Morgan fingerprint density at radius 3 is 2.76 bits per heavy atom. The number of sulfonamides is 1. The third kappa shape index (κ3) is 3.01. The van der Waals surface area contributed by atoms with Gasteiger partial charge in [-0.05, 0) is 31.4 Å². The molecule has 0 aliphatic carbocycles. The highest BCUT2D eigenvalue weighted by Gasteiger charge is 2.37. The summed E-state index contributed by atoms with van der Waals surface area (Å²) in [4.78, 5) is 11.1. The Labute approximate surface area is 122 Å². The van der Waals surface area contributed by atoms with Crippen LogP contribution in [0.3, 0.4) is 0 Å². The maximum atomic E-state index is 13.4. The number of ether oxygens (including phenoxy) is 1. The maximum Gasteiger partial charge on any atom is 0.322 e. The van der Waals surface area contributed by atoms with Crippen LogP contribution < -0.4 is 4.74 Å². The van der Waals surface area contributed by atoms with E-state index in [2.05, 4.69) is 0 Å². The zero-order valence-electron chi connectivity index (χ0n) is 11.5. The fourth-order valence-electron chi connectivity index (χ4n) is 2.38. The number of aliphatic carboxylic acids is 1. The summed E-state index contributed by atoms with van der Waals surface area (Å²) in [6.45, 7) is 0.138. The number of rotatable bonds is 4. The minimum Gasteiger partial charge on any atom is -0.494 e. The highest BCUT2D eigenvalue weighted by molar-refractivity contribution is 7.89. The van der Waals surface area contributed by atoms with Crippen molar-refractivity contribution in [1.82, 2.24) is 4.31 Å². The molecule has 6 nitrogen and oxygen atoms in total. The molecular weight excluding hydrogens is 301 g/mol. The van der Waals surface area contributed by atoms with E-state index in [9.17, 15) is 22.7 Å². The molecule has 8 heteroatoms. The maximum absolute atomic E-state index is 13.4. The summed E-state index contributed by atoms with van der Waals surface area (Å²) in [5.74, 6) is -2.04. The second kappa shape index (κ2) is 5.98. The van der Waals surface area contributed by atoms with Gasteiger partial charge in [-0.1, -0.05) is 0 Å². The molecule has 21 heavy (non-hydrogen) atoms. The zero-order chi connectivity index (χ0) is 15.6. The van der Waals surface area contributed by atoms with Crippen molar-refractivity contribution in [3.05, 3.63) is 24.0 Å². The topological polar surface area (TPSA) is 83.9 Å². The molecule has 1 aliphatic heterocycles. The number of benzene rings is 1. The van der Waals surface area contributed by atoms with Gasteiger partial charge in [0.2, 0.25) is 10.0 Å². The first-order valence-electron chi connectivity index (χ1n) is 6.46. The number of carboxylic acids is 1. The van der Waals surface area contributed by atoms with Gasteiger partial charge in [0, 0.05) is 12.6 Å². The average molecular weight is 317 g/mol. The van der Waals surface area contributed by atoms with Crippen molar-refractivity contribution in [2.45, 2.75) is 30.2 Å². The van der Waals surface area contributed by atoms with Crippen LogP contribution in [0.4, 0.5) is 4.39 Å². The lowest BCUT2D eigenvalue weighted by molar-refractivity contribution is -0.142.